The van der Waals surface area contributed by atoms with Gasteiger partial charge in [-0.05, 0) is 24.6 Å². The molecule has 0 fully saturated rings. The van der Waals surface area contributed by atoms with E-state index in [1.807, 2.05) is 0 Å². The molecule has 0 aromatic heterocycles. The summed E-state index contributed by atoms with van der Waals surface area (Å²) in [6, 6.07) is 5.11. The van der Waals surface area contributed by atoms with E-state index < -0.39 is 12.1 Å². The minimum absolute atomic E-state index is 0.0301. The summed E-state index contributed by atoms with van der Waals surface area (Å²) in [6.07, 6.45) is -3.66. The number of unbranched alkanes of at least 4 members (excludes halogenated alkanes) is 1. The first-order valence-corrected chi connectivity index (χ1v) is 8.09. The van der Waals surface area contributed by atoms with E-state index in [-0.39, 0.29) is 24.3 Å². The lowest BCUT2D eigenvalue weighted by Gasteiger charge is -2.04. The van der Waals surface area contributed by atoms with E-state index in [1.54, 1.807) is 18.2 Å². The van der Waals surface area contributed by atoms with Gasteiger partial charge in [0.25, 0.3) is 5.91 Å². The van der Waals surface area contributed by atoms with E-state index in [0.717, 1.165) is 6.42 Å². The fraction of sp³-hybridized carbons (Fsp3) is 0.294. The van der Waals surface area contributed by atoms with Crippen LogP contribution in [0.3, 0.4) is 0 Å². The molecular weight excluding hydrogens is 395 g/mol. The molecule has 0 radical (unpaired) electrons. The van der Waals surface area contributed by atoms with Crippen LogP contribution in [0.15, 0.2) is 18.2 Å². The van der Waals surface area contributed by atoms with Crippen molar-refractivity contribution in [2.24, 2.45) is 5.73 Å². The van der Waals surface area contributed by atoms with Gasteiger partial charge >= 0.3 is 12.1 Å². The molecule has 1 heterocycles. The van der Waals surface area contributed by atoms with Crippen molar-refractivity contribution in [1.82, 2.24) is 10.6 Å². The van der Waals surface area contributed by atoms with Crippen LogP contribution in [0.2, 0.25) is 0 Å². The number of fused-ring (bicyclic) bond motifs is 1. The first-order chi connectivity index (χ1) is 13.5. The Morgan fingerprint density at radius 2 is 2.00 bits per heavy atom. The van der Waals surface area contributed by atoms with Gasteiger partial charge in [0, 0.05) is 18.5 Å². The lowest BCUT2D eigenvalue weighted by Crippen LogP contribution is -2.30. The molecule has 0 saturated carbocycles. The zero-order chi connectivity index (χ0) is 22.0. The third-order valence-electron chi connectivity index (χ3n) is 3.22. The Morgan fingerprint density at radius 3 is 2.59 bits per heavy atom. The molecule has 0 spiro atoms. The number of guanidine groups is 1. The second-order valence-electron chi connectivity index (χ2n) is 5.54. The molecule has 2 amide bonds. The van der Waals surface area contributed by atoms with Crippen LogP contribution < -0.4 is 21.7 Å². The number of amides is 2. The number of nitrogens with two attached hydrogens (primary N) is 1. The van der Waals surface area contributed by atoms with Gasteiger partial charge in [0.1, 0.15) is 0 Å². The summed E-state index contributed by atoms with van der Waals surface area (Å²) in [4.78, 5) is 32.2. The number of carbonyl (C=O) groups excluding carboxylic acids is 2. The number of nitrogens with one attached hydrogen (secondary N) is 4. The highest BCUT2D eigenvalue weighted by Gasteiger charge is 2.38. The monoisotopic (exact) mass is 413 g/mol. The normalized spacial score (nSPS) is 12.5. The number of hydrogen-bond acceptors (Lipinski definition) is 4. The highest BCUT2D eigenvalue weighted by molar-refractivity contribution is 6.08. The predicted octanol–water partition coefficient (Wildman–Crippen LogP) is 0.617. The van der Waals surface area contributed by atoms with E-state index >= 15 is 0 Å². The Labute approximate surface area is 163 Å². The molecule has 0 atom stereocenters. The first-order valence-electron chi connectivity index (χ1n) is 8.09. The van der Waals surface area contributed by atoms with Gasteiger partial charge in [-0.25, -0.2) is 4.79 Å². The van der Waals surface area contributed by atoms with Crippen LogP contribution in [0.5, 0.6) is 0 Å². The molecule has 156 valence electrons. The second kappa shape index (κ2) is 10.5. The SMILES string of the molecule is N=C(N)NCCCC#Cc1ccc2c(c1)C(=O)NCC(=O)N2.O=C(O)C(F)(F)F. The summed E-state index contributed by atoms with van der Waals surface area (Å²) in [7, 11) is 0. The highest BCUT2D eigenvalue weighted by Crippen LogP contribution is 2.19. The van der Waals surface area contributed by atoms with Crippen LogP contribution in [0.25, 0.3) is 0 Å². The number of halogens is 3. The number of carboxylic acid groups (broad SMARTS) is 1. The van der Waals surface area contributed by atoms with Gasteiger partial charge < -0.3 is 26.8 Å². The lowest BCUT2D eigenvalue weighted by molar-refractivity contribution is -0.192. The van der Waals surface area contributed by atoms with Crippen molar-refractivity contribution in [3.63, 3.8) is 0 Å². The van der Waals surface area contributed by atoms with Crippen molar-refractivity contribution in [3.05, 3.63) is 29.3 Å². The summed E-state index contributed by atoms with van der Waals surface area (Å²) in [5.41, 5.74) is 6.79. The molecule has 0 saturated heterocycles. The standard InChI is InChI=1S/C15H17N5O2.C2HF3O2/c16-15(17)18-7-3-1-2-4-10-5-6-12-11(8-10)14(22)19-9-13(21)20-12;3-2(4,5)1(6)7/h5-6,8H,1,3,7,9H2,(H,19,22)(H,20,21)(H4,16,17,18);(H,6,7). The molecule has 12 heteroatoms. The Morgan fingerprint density at radius 1 is 1.34 bits per heavy atom. The zero-order valence-corrected chi connectivity index (χ0v) is 14.9. The summed E-state index contributed by atoms with van der Waals surface area (Å²) in [6.45, 7) is 0.570. The van der Waals surface area contributed by atoms with Gasteiger partial charge in [0.2, 0.25) is 5.91 Å². The molecule has 1 aromatic rings. The average molecular weight is 413 g/mol. The molecule has 9 nitrogen and oxygen atoms in total. The van der Waals surface area contributed by atoms with E-state index in [4.69, 9.17) is 21.0 Å². The second-order valence-corrected chi connectivity index (χ2v) is 5.54. The minimum atomic E-state index is -5.08. The number of benzene rings is 1. The third kappa shape index (κ3) is 8.65. The van der Waals surface area contributed by atoms with Crippen LogP contribution in [0.1, 0.15) is 28.8 Å². The van der Waals surface area contributed by atoms with E-state index in [2.05, 4.69) is 27.8 Å². The maximum absolute atomic E-state index is 11.9. The number of anilines is 1. The highest BCUT2D eigenvalue weighted by atomic mass is 19.4. The van der Waals surface area contributed by atoms with Crippen molar-refractivity contribution in [3.8, 4) is 11.8 Å². The molecular formula is C17H18F3N5O4. The summed E-state index contributed by atoms with van der Waals surface area (Å²) >= 11 is 0. The van der Waals surface area contributed by atoms with Gasteiger partial charge in [-0.2, -0.15) is 13.2 Å². The smallest absolute Gasteiger partial charge is 0.475 e. The van der Waals surface area contributed by atoms with Crippen LogP contribution in [-0.4, -0.2) is 48.1 Å². The van der Waals surface area contributed by atoms with Gasteiger partial charge in [-0.3, -0.25) is 15.0 Å². The van der Waals surface area contributed by atoms with Crippen molar-refractivity contribution in [2.75, 3.05) is 18.4 Å². The first kappa shape index (κ1) is 23.3. The summed E-state index contributed by atoms with van der Waals surface area (Å²) in [5.74, 6) is 2.64. The van der Waals surface area contributed by atoms with Gasteiger partial charge in [-0.15, -0.1) is 0 Å². The Bertz CT molecular complexity index is 859. The molecule has 29 heavy (non-hydrogen) atoms. The van der Waals surface area contributed by atoms with Gasteiger partial charge in [0.15, 0.2) is 5.96 Å². The molecule has 0 bridgehead atoms. The largest absolute Gasteiger partial charge is 0.490 e. The van der Waals surface area contributed by atoms with Crippen LogP contribution >= 0.6 is 0 Å². The summed E-state index contributed by atoms with van der Waals surface area (Å²) < 4.78 is 31.7. The zero-order valence-electron chi connectivity index (χ0n) is 14.9. The lowest BCUT2D eigenvalue weighted by atomic mass is 10.1. The Kier molecular flexibility index (Phi) is 8.47. The Hall–Kier alpha value is -3.75. The van der Waals surface area contributed by atoms with Crippen molar-refractivity contribution >= 4 is 29.4 Å². The minimum Gasteiger partial charge on any atom is -0.475 e. The number of carboxylic acids is 1. The quantitative estimate of drug-likeness (QED) is 0.185. The molecule has 1 aliphatic heterocycles. The molecule has 1 aliphatic rings. The molecule has 1 aromatic carbocycles. The maximum atomic E-state index is 11.9. The number of aliphatic carboxylic acids is 1. The molecule has 2 rings (SSSR count). The molecule has 0 unspecified atom stereocenters. The van der Waals surface area contributed by atoms with Crippen molar-refractivity contribution < 1.29 is 32.7 Å². The van der Waals surface area contributed by atoms with Crippen LogP contribution in [0.4, 0.5) is 18.9 Å². The van der Waals surface area contributed by atoms with E-state index in [9.17, 15) is 22.8 Å². The number of carbonyl (C=O) groups is 3. The molecule has 0 aliphatic carbocycles. The predicted molar refractivity (Wildman–Crippen MR) is 97.1 cm³/mol. The maximum Gasteiger partial charge on any atom is 0.490 e. The number of hydrogen-bond donors (Lipinski definition) is 6. The van der Waals surface area contributed by atoms with Crippen LogP contribution in [-0.2, 0) is 9.59 Å². The average Bonchev–Trinajstić information content (AvgIpc) is 2.76. The fourth-order valence-corrected chi connectivity index (χ4v) is 1.93. The number of rotatable bonds is 3. The van der Waals surface area contributed by atoms with E-state index in [0.29, 0.717) is 29.8 Å². The topological polar surface area (TPSA) is 157 Å². The third-order valence-corrected chi connectivity index (χ3v) is 3.22. The van der Waals surface area contributed by atoms with E-state index in [1.165, 1.54) is 0 Å². The Balaban J connectivity index is 0.000000516. The van der Waals surface area contributed by atoms with Crippen LogP contribution in [0, 0.1) is 17.3 Å². The number of alkyl halides is 3. The summed E-state index contributed by atoms with van der Waals surface area (Å²) in [5, 5.41) is 22.0. The van der Waals surface area contributed by atoms with Gasteiger partial charge in [-0.1, -0.05) is 11.8 Å². The fourth-order valence-electron chi connectivity index (χ4n) is 1.93. The molecule has 7 N–H and O–H groups in total. The van der Waals surface area contributed by atoms with Crippen molar-refractivity contribution in [2.45, 2.75) is 19.0 Å². The van der Waals surface area contributed by atoms with Gasteiger partial charge in [0.05, 0.1) is 17.8 Å². The van der Waals surface area contributed by atoms with Crippen molar-refractivity contribution in [1.29, 1.82) is 5.41 Å².